The van der Waals surface area contributed by atoms with Crippen molar-refractivity contribution in [2.24, 2.45) is 0 Å². The van der Waals surface area contributed by atoms with Crippen LogP contribution in [0.2, 0.25) is 0 Å². The maximum Gasteiger partial charge on any atom is 0.226 e. The Morgan fingerprint density at radius 3 is 3.14 bits per heavy atom. The van der Waals surface area contributed by atoms with Crippen molar-refractivity contribution in [3.63, 3.8) is 0 Å². The molecule has 112 valence electrons. The van der Waals surface area contributed by atoms with Gasteiger partial charge in [-0.2, -0.15) is 4.98 Å². The molecule has 0 spiro atoms. The molecule has 0 saturated heterocycles. The molecule has 5 nitrogen and oxygen atoms in total. The molecule has 1 aromatic heterocycles. The Hall–Kier alpha value is -1.88. The van der Waals surface area contributed by atoms with E-state index in [9.17, 15) is 0 Å². The highest BCUT2D eigenvalue weighted by Gasteiger charge is 2.23. The zero-order valence-corrected chi connectivity index (χ0v) is 12.6. The topological polar surface area (TPSA) is 60.2 Å². The third kappa shape index (κ3) is 2.93. The van der Waals surface area contributed by atoms with Crippen molar-refractivity contribution in [2.75, 3.05) is 7.05 Å². The molecule has 1 N–H and O–H groups in total. The Balaban J connectivity index is 1.69. The molecular formula is C16H21N3O2. The first-order valence-electron chi connectivity index (χ1n) is 7.55. The molecular weight excluding hydrogens is 266 g/mol. The van der Waals surface area contributed by atoms with Crippen molar-refractivity contribution in [1.29, 1.82) is 0 Å². The van der Waals surface area contributed by atoms with Crippen LogP contribution in [-0.4, -0.2) is 17.2 Å². The summed E-state index contributed by atoms with van der Waals surface area (Å²) in [5.74, 6) is 2.23. The minimum absolute atomic E-state index is 0.355. The summed E-state index contributed by atoms with van der Waals surface area (Å²) in [4.78, 5) is 4.32. The maximum absolute atomic E-state index is 5.91. The van der Waals surface area contributed by atoms with Crippen molar-refractivity contribution in [3.05, 3.63) is 41.0 Å². The Bertz CT molecular complexity index is 609. The van der Waals surface area contributed by atoms with E-state index in [2.05, 4.69) is 28.4 Å². The van der Waals surface area contributed by atoms with Crippen LogP contribution in [0, 0.1) is 0 Å². The van der Waals surface area contributed by atoms with Gasteiger partial charge in [-0.25, -0.2) is 0 Å². The van der Waals surface area contributed by atoms with Gasteiger partial charge in [0.05, 0.1) is 0 Å². The van der Waals surface area contributed by atoms with E-state index >= 15 is 0 Å². The molecule has 5 heteroatoms. The quantitative estimate of drug-likeness (QED) is 0.885. The Kier molecular flexibility index (Phi) is 4.20. The van der Waals surface area contributed by atoms with Crippen molar-refractivity contribution in [1.82, 2.24) is 15.5 Å². The number of nitrogens with zero attached hydrogens (tertiary/aromatic N) is 2. The van der Waals surface area contributed by atoms with Crippen molar-refractivity contribution < 1.29 is 9.26 Å². The molecule has 3 rings (SSSR count). The summed E-state index contributed by atoms with van der Waals surface area (Å²) < 4.78 is 11.1. The molecule has 1 aliphatic rings. The molecule has 0 saturated carbocycles. The van der Waals surface area contributed by atoms with E-state index in [1.807, 2.05) is 19.2 Å². The number of hydrogen-bond acceptors (Lipinski definition) is 5. The van der Waals surface area contributed by atoms with Crippen molar-refractivity contribution in [2.45, 2.75) is 45.3 Å². The number of ether oxygens (including phenoxy) is 1. The maximum atomic E-state index is 5.91. The van der Waals surface area contributed by atoms with Gasteiger partial charge in [-0.05, 0) is 43.5 Å². The van der Waals surface area contributed by atoms with Crippen LogP contribution in [0.1, 0.15) is 48.6 Å². The van der Waals surface area contributed by atoms with Crippen LogP contribution in [0.5, 0.6) is 5.75 Å². The van der Waals surface area contributed by atoms with Gasteiger partial charge >= 0.3 is 0 Å². The number of benzene rings is 1. The number of rotatable bonds is 6. The van der Waals surface area contributed by atoms with E-state index in [1.54, 1.807) is 0 Å². The summed E-state index contributed by atoms with van der Waals surface area (Å²) in [5.41, 5.74) is 2.64. The highest BCUT2D eigenvalue weighted by Crippen LogP contribution is 2.36. The predicted octanol–water partition coefficient (Wildman–Crippen LogP) is 2.81. The molecule has 0 bridgehead atoms. The first-order valence-corrected chi connectivity index (χ1v) is 7.55. The van der Waals surface area contributed by atoms with E-state index in [1.165, 1.54) is 11.1 Å². The van der Waals surface area contributed by atoms with E-state index < -0.39 is 0 Å². The SMILES string of the molecule is CCCc1nc(COc2cccc3c2CCC3NC)no1. The summed E-state index contributed by atoms with van der Waals surface area (Å²) >= 11 is 0. The summed E-state index contributed by atoms with van der Waals surface area (Å²) in [6, 6.07) is 6.67. The molecule has 1 atom stereocenters. The van der Waals surface area contributed by atoms with Crippen LogP contribution in [0.4, 0.5) is 0 Å². The number of fused-ring (bicyclic) bond motifs is 1. The van der Waals surface area contributed by atoms with Crippen molar-refractivity contribution in [3.8, 4) is 5.75 Å². The average Bonchev–Trinajstić information content (AvgIpc) is 3.12. The van der Waals surface area contributed by atoms with Gasteiger partial charge in [-0.3, -0.25) is 0 Å². The van der Waals surface area contributed by atoms with Crippen LogP contribution in [-0.2, 0) is 19.4 Å². The van der Waals surface area contributed by atoms with Crippen LogP contribution in [0.15, 0.2) is 22.7 Å². The van der Waals surface area contributed by atoms with E-state index in [0.717, 1.165) is 31.4 Å². The molecule has 0 radical (unpaired) electrons. The first-order chi connectivity index (χ1) is 10.3. The number of aromatic nitrogens is 2. The van der Waals surface area contributed by atoms with Gasteiger partial charge in [0, 0.05) is 12.5 Å². The van der Waals surface area contributed by atoms with Crippen LogP contribution < -0.4 is 10.1 Å². The lowest BCUT2D eigenvalue weighted by Gasteiger charge is -2.12. The third-order valence-corrected chi connectivity index (χ3v) is 3.91. The lowest BCUT2D eigenvalue weighted by molar-refractivity contribution is 0.282. The summed E-state index contributed by atoms with van der Waals surface area (Å²) in [7, 11) is 2.00. The Labute approximate surface area is 124 Å². The molecule has 0 fully saturated rings. The van der Waals surface area contributed by atoms with Gasteiger partial charge in [0.15, 0.2) is 6.61 Å². The van der Waals surface area contributed by atoms with Gasteiger partial charge < -0.3 is 14.6 Å². The second-order valence-corrected chi connectivity index (χ2v) is 5.35. The van der Waals surface area contributed by atoms with Crippen LogP contribution in [0.3, 0.4) is 0 Å². The lowest BCUT2D eigenvalue weighted by atomic mass is 10.1. The molecule has 0 aliphatic heterocycles. The van der Waals surface area contributed by atoms with E-state index in [4.69, 9.17) is 9.26 Å². The normalized spacial score (nSPS) is 17.0. The average molecular weight is 287 g/mol. The predicted molar refractivity (Wildman–Crippen MR) is 79.2 cm³/mol. The van der Waals surface area contributed by atoms with Gasteiger partial charge in [-0.1, -0.05) is 24.2 Å². The second-order valence-electron chi connectivity index (χ2n) is 5.35. The monoisotopic (exact) mass is 287 g/mol. The first kappa shape index (κ1) is 14.1. The molecule has 21 heavy (non-hydrogen) atoms. The van der Waals surface area contributed by atoms with E-state index in [0.29, 0.717) is 24.4 Å². The number of nitrogens with one attached hydrogen (secondary N) is 1. The Morgan fingerprint density at radius 1 is 1.43 bits per heavy atom. The minimum atomic E-state index is 0.355. The summed E-state index contributed by atoms with van der Waals surface area (Å²) in [6.45, 7) is 2.44. The van der Waals surface area contributed by atoms with E-state index in [-0.39, 0.29) is 0 Å². The Morgan fingerprint density at radius 2 is 2.33 bits per heavy atom. The van der Waals surface area contributed by atoms with Crippen molar-refractivity contribution >= 4 is 0 Å². The number of hydrogen-bond donors (Lipinski definition) is 1. The summed E-state index contributed by atoms with van der Waals surface area (Å²) in [5, 5.41) is 7.29. The molecule has 0 amide bonds. The molecule has 1 unspecified atom stereocenters. The highest BCUT2D eigenvalue weighted by molar-refractivity contribution is 5.45. The fraction of sp³-hybridized carbons (Fsp3) is 0.500. The fourth-order valence-corrected chi connectivity index (χ4v) is 2.86. The molecule has 1 aliphatic carbocycles. The standard InChI is InChI=1S/C16H21N3O2/c1-3-5-16-18-15(19-21-16)10-20-14-7-4-6-11-12(14)8-9-13(11)17-2/h4,6-7,13,17H,3,5,8-10H2,1-2H3. The zero-order chi connectivity index (χ0) is 14.7. The van der Waals surface area contributed by atoms with Gasteiger partial charge in [-0.15, -0.1) is 0 Å². The lowest BCUT2D eigenvalue weighted by Crippen LogP contribution is -2.12. The zero-order valence-electron chi connectivity index (χ0n) is 12.6. The van der Waals surface area contributed by atoms with Gasteiger partial charge in [0.1, 0.15) is 5.75 Å². The minimum Gasteiger partial charge on any atom is -0.485 e. The molecule has 1 aromatic carbocycles. The fourth-order valence-electron chi connectivity index (χ4n) is 2.86. The smallest absolute Gasteiger partial charge is 0.226 e. The van der Waals surface area contributed by atoms with Gasteiger partial charge in [0.25, 0.3) is 0 Å². The number of aryl methyl sites for hydroxylation is 1. The van der Waals surface area contributed by atoms with Crippen LogP contribution in [0.25, 0.3) is 0 Å². The molecule has 1 heterocycles. The third-order valence-electron chi connectivity index (χ3n) is 3.91. The summed E-state index contributed by atoms with van der Waals surface area (Å²) in [6.07, 6.45) is 3.98. The second kappa shape index (κ2) is 6.26. The van der Waals surface area contributed by atoms with Crippen LogP contribution >= 0.6 is 0 Å². The largest absolute Gasteiger partial charge is 0.485 e. The molecule has 2 aromatic rings. The highest BCUT2D eigenvalue weighted by atomic mass is 16.5. The van der Waals surface area contributed by atoms with Gasteiger partial charge in [0.2, 0.25) is 11.7 Å².